The summed E-state index contributed by atoms with van der Waals surface area (Å²) in [5.74, 6) is 6.52. The van der Waals surface area contributed by atoms with Crippen LogP contribution in [0.15, 0.2) is 38.6 Å². The Kier molecular flexibility index (Phi) is 5.41. The number of hydrogen-bond donors (Lipinski definition) is 2. The molecule has 0 spiro atoms. The van der Waals surface area contributed by atoms with Crippen molar-refractivity contribution in [2.75, 3.05) is 7.11 Å². The van der Waals surface area contributed by atoms with E-state index in [1.807, 2.05) is 24.3 Å². The molecule has 0 aliphatic heterocycles. The number of ether oxygens (including phenoxy) is 1. The summed E-state index contributed by atoms with van der Waals surface area (Å²) in [6.07, 6.45) is 0.824. The molecule has 2 aromatic rings. The molecule has 6 heteroatoms. The lowest BCUT2D eigenvalue weighted by Gasteiger charge is -2.18. The summed E-state index contributed by atoms with van der Waals surface area (Å²) in [6, 6.07) is 10.1. The highest BCUT2D eigenvalue weighted by Gasteiger charge is 2.16. The highest BCUT2D eigenvalue weighted by atomic mass is 79.9. The molecule has 1 unspecified atom stereocenters. The monoisotopic (exact) mass is 404 g/mol. The van der Waals surface area contributed by atoms with Crippen LogP contribution < -0.4 is 16.0 Å². The van der Waals surface area contributed by atoms with E-state index in [2.05, 4.69) is 43.4 Å². The third-order valence-electron chi connectivity index (χ3n) is 2.81. The SMILES string of the molecule is COc1cc(Br)ccc1C(Cc1ccc(Br)s1)NN. The molecule has 0 saturated carbocycles. The molecule has 3 N–H and O–H groups in total. The minimum absolute atomic E-state index is 0.0219. The van der Waals surface area contributed by atoms with Crippen LogP contribution in [0.3, 0.4) is 0 Å². The Hall–Kier alpha value is -0.400. The van der Waals surface area contributed by atoms with Crippen LogP contribution in [-0.4, -0.2) is 7.11 Å². The third kappa shape index (κ3) is 3.79. The van der Waals surface area contributed by atoms with E-state index in [4.69, 9.17) is 10.6 Å². The number of thiophene rings is 1. The van der Waals surface area contributed by atoms with Crippen LogP contribution in [0.2, 0.25) is 0 Å². The van der Waals surface area contributed by atoms with Gasteiger partial charge in [0, 0.05) is 21.3 Å². The molecule has 0 amide bonds. The molecule has 3 nitrogen and oxygen atoms in total. The lowest BCUT2D eigenvalue weighted by Crippen LogP contribution is -2.29. The van der Waals surface area contributed by atoms with Crippen LogP contribution in [-0.2, 0) is 6.42 Å². The molecule has 0 radical (unpaired) electrons. The second-order valence-corrected chi connectivity index (χ2v) is 7.48. The first-order chi connectivity index (χ1) is 9.13. The van der Waals surface area contributed by atoms with Gasteiger partial charge in [-0.05, 0) is 40.2 Å². The van der Waals surface area contributed by atoms with E-state index in [1.54, 1.807) is 18.4 Å². The molecular weight excluding hydrogens is 392 g/mol. The van der Waals surface area contributed by atoms with Crippen LogP contribution >= 0.6 is 43.2 Å². The van der Waals surface area contributed by atoms with Gasteiger partial charge in [0.1, 0.15) is 5.75 Å². The van der Waals surface area contributed by atoms with Gasteiger partial charge in [-0.15, -0.1) is 11.3 Å². The van der Waals surface area contributed by atoms with Crippen LogP contribution in [0.5, 0.6) is 5.75 Å². The van der Waals surface area contributed by atoms with Crippen molar-refractivity contribution in [1.82, 2.24) is 5.43 Å². The Morgan fingerprint density at radius 3 is 2.68 bits per heavy atom. The van der Waals surface area contributed by atoms with Gasteiger partial charge in [0.05, 0.1) is 16.9 Å². The minimum atomic E-state index is 0.0219. The largest absolute Gasteiger partial charge is 0.496 e. The second kappa shape index (κ2) is 6.85. The first-order valence-corrected chi connectivity index (χ1v) is 8.08. The maximum atomic E-state index is 5.70. The van der Waals surface area contributed by atoms with Gasteiger partial charge in [-0.25, -0.2) is 0 Å². The molecule has 102 valence electrons. The summed E-state index contributed by atoms with van der Waals surface area (Å²) < 4.78 is 7.54. The summed E-state index contributed by atoms with van der Waals surface area (Å²) in [5, 5.41) is 0. The predicted molar refractivity (Wildman–Crippen MR) is 86.5 cm³/mol. The van der Waals surface area contributed by atoms with Crippen molar-refractivity contribution in [3.8, 4) is 5.75 Å². The molecule has 0 bridgehead atoms. The number of rotatable bonds is 5. The predicted octanol–water partition coefficient (Wildman–Crippen LogP) is 4.03. The zero-order valence-corrected chi connectivity index (χ0v) is 14.3. The van der Waals surface area contributed by atoms with E-state index < -0.39 is 0 Å². The van der Waals surface area contributed by atoms with E-state index >= 15 is 0 Å². The molecule has 1 aromatic heterocycles. The van der Waals surface area contributed by atoms with E-state index in [9.17, 15) is 0 Å². The first kappa shape index (κ1) is 15.0. The molecule has 1 atom stereocenters. The maximum absolute atomic E-state index is 5.70. The lowest BCUT2D eigenvalue weighted by molar-refractivity contribution is 0.399. The summed E-state index contributed by atoms with van der Waals surface area (Å²) in [4.78, 5) is 1.26. The van der Waals surface area contributed by atoms with Crippen molar-refractivity contribution in [2.45, 2.75) is 12.5 Å². The average molecular weight is 406 g/mol. The van der Waals surface area contributed by atoms with E-state index in [-0.39, 0.29) is 6.04 Å². The maximum Gasteiger partial charge on any atom is 0.124 e. The van der Waals surface area contributed by atoms with Crippen molar-refractivity contribution in [2.24, 2.45) is 5.84 Å². The standard InChI is InChI=1S/C13H14Br2N2OS/c1-18-12-6-8(14)2-4-10(12)11(17-16)7-9-3-5-13(15)19-9/h2-6,11,17H,7,16H2,1H3. The van der Waals surface area contributed by atoms with Gasteiger partial charge in [-0.3, -0.25) is 11.3 Å². The van der Waals surface area contributed by atoms with Crippen molar-refractivity contribution in [1.29, 1.82) is 0 Å². The number of halogens is 2. The topological polar surface area (TPSA) is 47.3 Å². The number of nitrogens with two attached hydrogens (primary N) is 1. The minimum Gasteiger partial charge on any atom is -0.496 e. The first-order valence-electron chi connectivity index (χ1n) is 5.68. The van der Waals surface area contributed by atoms with Crippen molar-refractivity contribution >= 4 is 43.2 Å². The normalized spacial score (nSPS) is 12.4. The third-order valence-corrected chi connectivity index (χ3v) is 4.95. The number of benzene rings is 1. The van der Waals surface area contributed by atoms with Gasteiger partial charge < -0.3 is 4.74 Å². The van der Waals surface area contributed by atoms with Gasteiger partial charge in [-0.1, -0.05) is 22.0 Å². The zero-order chi connectivity index (χ0) is 13.8. The Balaban J connectivity index is 2.26. The Labute approximate surface area is 133 Å². The van der Waals surface area contributed by atoms with Gasteiger partial charge in [0.25, 0.3) is 0 Å². The molecule has 1 aromatic carbocycles. The summed E-state index contributed by atoms with van der Waals surface area (Å²) in [5.41, 5.74) is 3.92. The van der Waals surface area contributed by atoms with Crippen molar-refractivity contribution in [3.05, 3.63) is 49.0 Å². The van der Waals surface area contributed by atoms with Crippen LogP contribution in [0.25, 0.3) is 0 Å². The molecule has 2 rings (SSSR count). The average Bonchev–Trinajstić information content (AvgIpc) is 2.81. The van der Waals surface area contributed by atoms with E-state index in [0.29, 0.717) is 0 Å². The molecule has 0 aliphatic rings. The van der Waals surface area contributed by atoms with Crippen molar-refractivity contribution < 1.29 is 4.74 Å². The van der Waals surface area contributed by atoms with E-state index in [1.165, 1.54) is 4.88 Å². The van der Waals surface area contributed by atoms with Gasteiger partial charge >= 0.3 is 0 Å². The molecule has 0 fully saturated rings. The second-order valence-electron chi connectivity index (χ2n) is 4.02. The smallest absolute Gasteiger partial charge is 0.124 e. The summed E-state index contributed by atoms with van der Waals surface area (Å²) in [6.45, 7) is 0. The fourth-order valence-corrected chi connectivity index (χ4v) is 3.76. The van der Waals surface area contributed by atoms with Crippen LogP contribution in [0.1, 0.15) is 16.5 Å². The highest BCUT2D eigenvalue weighted by molar-refractivity contribution is 9.11. The highest BCUT2D eigenvalue weighted by Crippen LogP contribution is 2.32. The van der Waals surface area contributed by atoms with Gasteiger partial charge in [0.15, 0.2) is 0 Å². The zero-order valence-electron chi connectivity index (χ0n) is 10.3. The van der Waals surface area contributed by atoms with Gasteiger partial charge in [0.2, 0.25) is 0 Å². The molecule has 1 heterocycles. The quantitative estimate of drug-likeness (QED) is 0.583. The fourth-order valence-electron chi connectivity index (χ4n) is 1.89. The Morgan fingerprint density at radius 2 is 2.11 bits per heavy atom. The van der Waals surface area contributed by atoms with Crippen LogP contribution in [0, 0.1) is 0 Å². The number of hydrazine groups is 1. The lowest BCUT2D eigenvalue weighted by atomic mass is 10.0. The van der Waals surface area contributed by atoms with Crippen LogP contribution in [0.4, 0.5) is 0 Å². The van der Waals surface area contributed by atoms with Gasteiger partial charge in [-0.2, -0.15) is 0 Å². The number of methoxy groups -OCH3 is 1. The molecule has 0 aliphatic carbocycles. The fraction of sp³-hybridized carbons (Fsp3) is 0.231. The number of nitrogens with one attached hydrogen (secondary N) is 1. The summed E-state index contributed by atoms with van der Waals surface area (Å²) >= 11 is 8.63. The molecule has 0 saturated heterocycles. The number of hydrogen-bond acceptors (Lipinski definition) is 4. The molecular formula is C13H14Br2N2OS. The molecule has 19 heavy (non-hydrogen) atoms. The summed E-state index contributed by atoms with van der Waals surface area (Å²) in [7, 11) is 1.67. The Bertz CT molecular complexity index is 559. The Morgan fingerprint density at radius 1 is 1.32 bits per heavy atom. The van der Waals surface area contributed by atoms with E-state index in [0.717, 1.165) is 26.0 Å². The van der Waals surface area contributed by atoms with Crippen molar-refractivity contribution in [3.63, 3.8) is 0 Å².